The second-order valence-electron chi connectivity index (χ2n) is 4.75. The average Bonchev–Trinajstić information content (AvgIpc) is 3.11. The van der Waals surface area contributed by atoms with Gasteiger partial charge in [-0.2, -0.15) is 13.2 Å². The molecule has 1 aromatic carbocycles. The van der Waals surface area contributed by atoms with Crippen LogP contribution in [0.4, 0.5) is 18.9 Å². The highest BCUT2D eigenvalue weighted by Gasteiger charge is 2.34. The minimum absolute atomic E-state index is 0.120. The predicted molar refractivity (Wildman–Crippen MR) is 65.5 cm³/mol. The van der Waals surface area contributed by atoms with Gasteiger partial charge in [-0.1, -0.05) is 18.9 Å². The lowest BCUT2D eigenvalue weighted by Gasteiger charge is -2.13. The average molecular weight is 272 g/mol. The van der Waals surface area contributed by atoms with E-state index < -0.39 is 23.3 Å². The Bertz CT molecular complexity index is 481. The number of anilines is 1. The monoisotopic (exact) mass is 272 g/mol. The lowest BCUT2D eigenvalue weighted by molar-refractivity contribution is -0.136. The SMILES string of the molecule is Nc1c(C(=O)NCCC2CC2)cccc1C(F)(F)F. The molecule has 3 nitrogen and oxygen atoms in total. The maximum absolute atomic E-state index is 12.6. The summed E-state index contributed by atoms with van der Waals surface area (Å²) < 4.78 is 37.9. The second-order valence-corrected chi connectivity index (χ2v) is 4.75. The third-order valence-electron chi connectivity index (χ3n) is 3.19. The van der Waals surface area contributed by atoms with Crippen molar-refractivity contribution in [2.24, 2.45) is 5.92 Å². The standard InChI is InChI=1S/C13H15F3N2O/c14-13(15,16)10-3-1-2-9(11(10)17)12(19)18-7-6-8-4-5-8/h1-3,8H,4-7,17H2,(H,18,19). The van der Waals surface area contributed by atoms with E-state index in [4.69, 9.17) is 5.73 Å². The Balaban J connectivity index is 2.08. The van der Waals surface area contributed by atoms with E-state index in [-0.39, 0.29) is 5.56 Å². The number of hydrogen-bond donors (Lipinski definition) is 2. The molecule has 2 rings (SSSR count). The number of para-hydroxylation sites is 1. The van der Waals surface area contributed by atoms with E-state index in [2.05, 4.69) is 5.32 Å². The Morgan fingerprint density at radius 1 is 1.37 bits per heavy atom. The summed E-state index contributed by atoms with van der Waals surface area (Å²) in [6.07, 6.45) is -1.35. The summed E-state index contributed by atoms with van der Waals surface area (Å²) in [5.41, 5.74) is 3.83. The van der Waals surface area contributed by atoms with Crippen LogP contribution in [0.5, 0.6) is 0 Å². The van der Waals surface area contributed by atoms with Gasteiger partial charge in [0.25, 0.3) is 5.91 Å². The van der Waals surface area contributed by atoms with Crippen molar-refractivity contribution >= 4 is 11.6 Å². The van der Waals surface area contributed by atoms with Gasteiger partial charge >= 0.3 is 6.18 Å². The fraction of sp³-hybridized carbons (Fsp3) is 0.462. The third kappa shape index (κ3) is 3.39. The summed E-state index contributed by atoms with van der Waals surface area (Å²) in [7, 11) is 0. The molecule has 1 aliphatic carbocycles. The van der Waals surface area contributed by atoms with E-state index in [9.17, 15) is 18.0 Å². The Kier molecular flexibility index (Phi) is 3.68. The van der Waals surface area contributed by atoms with Crippen molar-refractivity contribution in [3.8, 4) is 0 Å². The first-order chi connectivity index (χ1) is 8.89. The number of nitrogens with two attached hydrogens (primary N) is 1. The highest BCUT2D eigenvalue weighted by Crippen LogP contribution is 2.35. The van der Waals surface area contributed by atoms with E-state index >= 15 is 0 Å². The molecule has 19 heavy (non-hydrogen) atoms. The lowest BCUT2D eigenvalue weighted by Crippen LogP contribution is -2.26. The number of nitrogens with one attached hydrogen (secondary N) is 1. The molecular formula is C13H15F3N2O. The fourth-order valence-corrected chi connectivity index (χ4v) is 1.90. The van der Waals surface area contributed by atoms with Crippen LogP contribution in [0.1, 0.15) is 35.2 Å². The normalized spacial score (nSPS) is 15.3. The summed E-state index contributed by atoms with van der Waals surface area (Å²) in [6, 6.07) is 3.36. The number of alkyl halides is 3. The largest absolute Gasteiger partial charge is 0.418 e. The van der Waals surface area contributed by atoms with E-state index in [1.807, 2.05) is 0 Å². The lowest BCUT2D eigenvalue weighted by atomic mass is 10.1. The van der Waals surface area contributed by atoms with Gasteiger partial charge in [-0.05, 0) is 24.5 Å². The molecule has 0 radical (unpaired) electrons. The molecule has 0 bridgehead atoms. The van der Waals surface area contributed by atoms with Crippen molar-refractivity contribution in [2.45, 2.75) is 25.4 Å². The molecule has 1 aromatic rings. The van der Waals surface area contributed by atoms with Crippen molar-refractivity contribution in [2.75, 3.05) is 12.3 Å². The number of hydrogen-bond acceptors (Lipinski definition) is 2. The van der Waals surface area contributed by atoms with Gasteiger partial charge in [0, 0.05) is 6.54 Å². The van der Waals surface area contributed by atoms with E-state index in [1.54, 1.807) is 0 Å². The highest BCUT2D eigenvalue weighted by atomic mass is 19.4. The molecule has 0 unspecified atom stereocenters. The fourth-order valence-electron chi connectivity index (χ4n) is 1.90. The van der Waals surface area contributed by atoms with Gasteiger partial charge in [0.05, 0.1) is 16.8 Å². The molecular weight excluding hydrogens is 257 g/mol. The molecule has 104 valence electrons. The summed E-state index contributed by atoms with van der Waals surface area (Å²) >= 11 is 0. The van der Waals surface area contributed by atoms with Crippen LogP contribution in [-0.4, -0.2) is 12.5 Å². The number of amides is 1. The van der Waals surface area contributed by atoms with Gasteiger partial charge in [-0.15, -0.1) is 0 Å². The Morgan fingerprint density at radius 2 is 2.05 bits per heavy atom. The number of benzene rings is 1. The first kappa shape index (κ1) is 13.7. The van der Waals surface area contributed by atoms with Crippen LogP contribution in [0.15, 0.2) is 18.2 Å². The van der Waals surface area contributed by atoms with Crippen LogP contribution >= 0.6 is 0 Å². The smallest absolute Gasteiger partial charge is 0.398 e. The van der Waals surface area contributed by atoms with Gasteiger partial charge in [-0.3, -0.25) is 4.79 Å². The number of rotatable bonds is 4. The van der Waals surface area contributed by atoms with Crippen molar-refractivity contribution in [1.29, 1.82) is 0 Å². The van der Waals surface area contributed by atoms with E-state index in [0.717, 1.165) is 12.5 Å². The van der Waals surface area contributed by atoms with Crippen LogP contribution in [0.2, 0.25) is 0 Å². The predicted octanol–water partition coefficient (Wildman–Crippen LogP) is 2.82. The van der Waals surface area contributed by atoms with Gasteiger partial charge in [0.1, 0.15) is 0 Å². The first-order valence-corrected chi connectivity index (χ1v) is 6.13. The summed E-state index contributed by atoms with van der Waals surface area (Å²) in [5, 5.41) is 2.60. The quantitative estimate of drug-likeness (QED) is 0.828. The number of carbonyl (C=O) groups excluding carboxylic acids is 1. The topological polar surface area (TPSA) is 55.1 Å². The molecule has 1 saturated carbocycles. The Morgan fingerprint density at radius 3 is 2.63 bits per heavy atom. The van der Waals surface area contributed by atoms with Crippen molar-refractivity contribution in [3.63, 3.8) is 0 Å². The minimum Gasteiger partial charge on any atom is -0.398 e. The van der Waals surface area contributed by atoms with Crippen molar-refractivity contribution in [1.82, 2.24) is 5.32 Å². The van der Waals surface area contributed by atoms with Crippen LogP contribution in [0.25, 0.3) is 0 Å². The zero-order valence-electron chi connectivity index (χ0n) is 10.3. The molecule has 0 aliphatic heterocycles. The van der Waals surface area contributed by atoms with Crippen LogP contribution in [0.3, 0.4) is 0 Å². The van der Waals surface area contributed by atoms with Gasteiger partial charge in [-0.25, -0.2) is 0 Å². The maximum Gasteiger partial charge on any atom is 0.418 e. The van der Waals surface area contributed by atoms with Gasteiger partial charge < -0.3 is 11.1 Å². The molecule has 3 N–H and O–H groups in total. The zero-order chi connectivity index (χ0) is 14.0. The number of halogens is 3. The molecule has 1 amide bonds. The number of nitrogen functional groups attached to an aromatic ring is 1. The van der Waals surface area contributed by atoms with Crippen LogP contribution < -0.4 is 11.1 Å². The Labute approximate surface area is 109 Å². The second kappa shape index (κ2) is 5.11. The van der Waals surface area contributed by atoms with E-state index in [1.165, 1.54) is 25.0 Å². The first-order valence-electron chi connectivity index (χ1n) is 6.13. The molecule has 1 fully saturated rings. The molecule has 0 atom stereocenters. The van der Waals surface area contributed by atoms with Crippen LogP contribution in [-0.2, 0) is 6.18 Å². The zero-order valence-corrected chi connectivity index (χ0v) is 10.3. The maximum atomic E-state index is 12.6. The summed E-state index contributed by atoms with van der Waals surface area (Å²) in [6.45, 7) is 0.471. The number of carbonyl (C=O) groups is 1. The highest BCUT2D eigenvalue weighted by molar-refractivity contribution is 5.99. The molecule has 1 aliphatic rings. The Hall–Kier alpha value is -1.72. The third-order valence-corrected chi connectivity index (χ3v) is 3.19. The molecule has 0 aromatic heterocycles. The van der Waals surface area contributed by atoms with Crippen molar-refractivity contribution < 1.29 is 18.0 Å². The molecule has 0 saturated heterocycles. The summed E-state index contributed by atoms with van der Waals surface area (Å²) in [4.78, 5) is 11.8. The van der Waals surface area contributed by atoms with Gasteiger partial charge in [0.15, 0.2) is 0 Å². The van der Waals surface area contributed by atoms with Gasteiger partial charge in [0.2, 0.25) is 0 Å². The minimum atomic E-state index is -4.55. The summed E-state index contributed by atoms with van der Waals surface area (Å²) in [5.74, 6) is 0.100. The molecule has 6 heteroatoms. The molecule has 0 spiro atoms. The molecule has 0 heterocycles. The van der Waals surface area contributed by atoms with Crippen LogP contribution in [0, 0.1) is 5.92 Å². The van der Waals surface area contributed by atoms with E-state index in [0.29, 0.717) is 12.5 Å². The van der Waals surface area contributed by atoms with Crippen molar-refractivity contribution in [3.05, 3.63) is 29.3 Å².